The molecule has 160 valence electrons. The number of amides is 4. The maximum atomic E-state index is 14.1. The third-order valence-corrected chi connectivity index (χ3v) is 4.70. The second kappa shape index (κ2) is 8.81. The number of para-hydroxylation sites is 1. The third-order valence-electron chi connectivity index (χ3n) is 4.70. The fourth-order valence-electron chi connectivity index (χ4n) is 3.08. The molecule has 0 radical (unpaired) electrons. The molecule has 1 aliphatic rings. The van der Waals surface area contributed by atoms with E-state index >= 15 is 0 Å². The summed E-state index contributed by atoms with van der Waals surface area (Å²) in [5, 5.41) is 2.05. The van der Waals surface area contributed by atoms with Gasteiger partial charge in [0, 0.05) is 0 Å². The van der Waals surface area contributed by atoms with Gasteiger partial charge in [-0.25, -0.2) is 18.5 Å². The Bertz CT molecular complexity index is 1220. The summed E-state index contributed by atoms with van der Waals surface area (Å²) < 4.78 is 32.7. The molecule has 1 saturated heterocycles. The molecule has 4 amide bonds. The van der Waals surface area contributed by atoms with E-state index in [2.05, 4.69) is 5.32 Å². The standard InChI is InChI=1S/C24H16F2N2O4/c25-17-9-5-16(6-10-17)14-32-18-11-7-15(8-12-18)13-19-22(29)27-24(31)28(23(19)30)21-4-2-1-3-20(21)26/h1-13H,14H2,(H,27,29,31)/b19-13-. The topological polar surface area (TPSA) is 75.7 Å². The van der Waals surface area contributed by atoms with Crippen molar-refractivity contribution in [1.29, 1.82) is 0 Å². The number of nitrogens with zero attached hydrogens (tertiary/aromatic N) is 1. The SMILES string of the molecule is O=C1NC(=O)N(c2ccccc2F)C(=O)/C1=C\c1ccc(OCc2ccc(F)cc2)cc1. The summed E-state index contributed by atoms with van der Waals surface area (Å²) in [5.74, 6) is -2.38. The van der Waals surface area contributed by atoms with Crippen LogP contribution in [0.3, 0.4) is 0 Å². The molecule has 0 aliphatic carbocycles. The molecule has 3 aromatic carbocycles. The maximum Gasteiger partial charge on any atom is 0.336 e. The molecule has 0 saturated carbocycles. The van der Waals surface area contributed by atoms with Crippen molar-refractivity contribution in [3.05, 3.63) is 101 Å². The maximum absolute atomic E-state index is 14.1. The summed E-state index contributed by atoms with van der Waals surface area (Å²) in [6.07, 6.45) is 1.31. The average Bonchev–Trinajstić information content (AvgIpc) is 2.78. The zero-order valence-electron chi connectivity index (χ0n) is 16.5. The van der Waals surface area contributed by atoms with Crippen LogP contribution in [0.2, 0.25) is 0 Å². The number of imide groups is 2. The van der Waals surface area contributed by atoms with E-state index in [1.54, 1.807) is 36.4 Å². The van der Waals surface area contributed by atoms with Crippen LogP contribution in [0.5, 0.6) is 5.75 Å². The van der Waals surface area contributed by atoms with Gasteiger partial charge in [-0.1, -0.05) is 36.4 Å². The number of carbonyl (C=O) groups is 3. The van der Waals surface area contributed by atoms with Crippen LogP contribution in [0.4, 0.5) is 19.3 Å². The lowest BCUT2D eigenvalue weighted by molar-refractivity contribution is -0.122. The number of carbonyl (C=O) groups excluding carboxylic acids is 3. The second-order valence-electron chi connectivity index (χ2n) is 6.89. The van der Waals surface area contributed by atoms with Crippen LogP contribution < -0.4 is 15.0 Å². The molecular weight excluding hydrogens is 418 g/mol. The van der Waals surface area contributed by atoms with Crippen molar-refractivity contribution in [2.24, 2.45) is 0 Å². The van der Waals surface area contributed by atoms with Gasteiger partial charge in [0.25, 0.3) is 11.8 Å². The highest BCUT2D eigenvalue weighted by Crippen LogP contribution is 2.25. The summed E-state index contributed by atoms with van der Waals surface area (Å²) in [6.45, 7) is 0.237. The number of hydrogen-bond donors (Lipinski definition) is 1. The molecule has 1 fully saturated rings. The number of urea groups is 1. The summed E-state index contributed by atoms with van der Waals surface area (Å²) in [5.41, 5.74) is 0.728. The monoisotopic (exact) mass is 434 g/mol. The molecular formula is C24H16F2N2O4. The summed E-state index contributed by atoms with van der Waals surface area (Å²) in [6, 6.07) is 16.7. The highest BCUT2D eigenvalue weighted by Gasteiger charge is 2.37. The van der Waals surface area contributed by atoms with Gasteiger partial charge in [0.05, 0.1) is 5.69 Å². The minimum atomic E-state index is -1.02. The highest BCUT2D eigenvalue weighted by molar-refractivity contribution is 6.39. The molecule has 32 heavy (non-hydrogen) atoms. The summed E-state index contributed by atoms with van der Waals surface area (Å²) in [7, 11) is 0. The predicted molar refractivity (Wildman–Crippen MR) is 113 cm³/mol. The molecule has 0 aromatic heterocycles. The molecule has 6 nitrogen and oxygen atoms in total. The first kappa shape index (κ1) is 20.9. The second-order valence-corrected chi connectivity index (χ2v) is 6.89. The van der Waals surface area contributed by atoms with Gasteiger partial charge in [-0.3, -0.25) is 14.9 Å². The van der Waals surface area contributed by atoms with Crippen molar-refractivity contribution in [1.82, 2.24) is 5.32 Å². The van der Waals surface area contributed by atoms with E-state index in [1.807, 2.05) is 0 Å². The number of halogens is 2. The minimum absolute atomic E-state index is 0.237. The first-order chi connectivity index (χ1) is 15.4. The van der Waals surface area contributed by atoms with Gasteiger partial charge in [-0.15, -0.1) is 0 Å². The van der Waals surface area contributed by atoms with Crippen molar-refractivity contribution in [3.8, 4) is 5.75 Å². The van der Waals surface area contributed by atoms with E-state index in [1.165, 1.54) is 36.4 Å². The Kier molecular flexibility index (Phi) is 5.76. The van der Waals surface area contributed by atoms with Crippen LogP contribution in [0, 0.1) is 11.6 Å². The van der Waals surface area contributed by atoms with E-state index in [4.69, 9.17) is 4.74 Å². The van der Waals surface area contributed by atoms with Crippen molar-refractivity contribution >= 4 is 29.6 Å². The Morgan fingerprint density at radius 1 is 0.875 bits per heavy atom. The van der Waals surface area contributed by atoms with Crippen molar-refractivity contribution in [3.63, 3.8) is 0 Å². The normalized spacial score (nSPS) is 15.1. The first-order valence-electron chi connectivity index (χ1n) is 9.55. The van der Waals surface area contributed by atoms with Gasteiger partial charge >= 0.3 is 6.03 Å². The first-order valence-corrected chi connectivity index (χ1v) is 9.55. The van der Waals surface area contributed by atoms with Gasteiger partial charge in [0.2, 0.25) is 0 Å². The molecule has 4 rings (SSSR count). The van der Waals surface area contributed by atoms with Crippen LogP contribution in [0.15, 0.2) is 78.4 Å². The van der Waals surface area contributed by atoms with Gasteiger partial charge in [0.1, 0.15) is 29.6 Å². The molecule has 0 atom stereocenters. The van der Waals surface area contributed by atoms with E-state index in [-0.39, 0.29) is 23.7 Å². The fraction of sp³-hybridized carbons (Fsp3) is 0.0417. The van der Waals surface area contributed by atoms with Gasteiger partial charge < -0.3 is 4.74 Å². The van der Waals surface area contributed by atoms with Crippen molar-refractivity contribution < 1.29 is 27.9 Å². The van der Waals surface area contributed by atoms with Crippen molar-refractivity contribution in [2.75, 3.05) is 4.90 Å². The number of ether oxygens (including phenoxy) is 1. The van der Waals surface area contributed by atoms with E-state index in [9.17, 15) is 23.2 Å². The number of rotatable bonds is 5. The number of nitrogens with one attached hydrogen (secondary N) is 1. The summed E-state index contributed by atoms with van der Waals surface area (Å²) >= 11 is 0. The number of anilines is 1. The van der Waals surface area contributed by atoms with Gasteiger partial charge in [-0.05, 0) is 53.6 Å². The molecule has 3 aromatic rings. The molecule has 0 unspecified atom stereocenters. The van der Waals surface area contributed by atoms with Crippen LogP contribution in [0.25, 0.3) is 6.08 Å². The Morgan fingerprint density at radius 2 is 1.56 bits per heavy atom. The highest BCUT2D eigenvalue weighted by atomic mass is 19.1. The Labute approximate surface area is 181 Å². The largest absolute Gasteiger partial charge is 0.489 e. The Morgan fingerprint density at radius 3 is 2.25 bits per heavy atom. The van der Waals surface area contributed by atoms with Crippen LogP contribution >= 0.6 is 0 Å². The van der Waals surface area contributed by atoms with Crippen molar-refractivity contribution in [2.45, 2.75) is 6.61 Å². The lowest BCUT2D eigenvalue weighted by Crippen LogP contribution is -2.54. The lowest BCUT2D eigenvalue weighted by Gasteiger charge is -2.26. The number of barbiturate groups is 1. The lowest BCUT2D eigenvalue weighted by atomic mass is 10.1. The Balaban J connectivity index is 1.52. The summed E-state index contributed by atoms with van der Waals surface area (Å²) in [4.78, 5) is 37.8. The minimum Gasteiger partial charge on any atom is -0.489 e. The fourth-order valence-corrected chi connectivity index (χ4v) is 3.08. The number of benzene rings is 3. The molecule has 0 bridgehead atoms. The zero-order valence-corrected chi connectivity index (χ0v) is 16.5. The quantitative estimate of drug-likeness (QED) is 0.482. The van der Waals surface area contributed by atoms with E-state index in [0.717, 1.165) is 11.6 Å². The van der Waals surface area contributed by atoms with Gasteiger partial charge in [-0.2, -0.15) is 0 Å². The number of hydrogen-bond acceptors (Lipinski definition) is 4. The molecule has 1 heterocycles. The van der Waals surface area contributed by atoms with Crippen LogP contribution in [0.1, 0.15) is 11.1 Å². The Hall–Kier alpha value is -4.33. The molecule has 1 N–H and O–H groups in total. The van der Waals surface area contributed by atoms with E-state index in [0.29, 0.717) is 16.2 Å². The predicted octanol–water partition coefficient (Wildman–Crippen LogP) is 4.21. The van der Waals surface area contributed by atoms with Crippen LogP contribution in [-0.4, -0.2) is 17.8 Å². The molecule has 0 spiro atoms. The third kappa shape index (κ3) is 4.39. The zero-order chi connectivity index (χ0) is 22.7. The molecule has 8 heteroatoms. The van der Waals surface area contributed by atoms with Crippen LogP contribution in [-0.2, 0) is 16.2 Å². The molecule has 1 aliphatic heterocycles. The van der Waals surface area contributed by atoms with E-state index < -0.39 is 23.7 Å². The average molecular weight is 434 g/mol. The van der Waals surface area contributed by atoms with Gasteiger partial charge in [0.15, 0.2) is 0 Å². The smallest absolute Gasteiger partial charge is 0.336 e.